The van der Waals surface area contributed by atoms with Gasteiger partial charge in [0, 0.05) is 61.1 Å². The Labute approximate surface area is 337 Å². The lowest BCUT2D eigenvalue weighted by Gasteiger charge is -2.30. The minimum atomic E-state index is -3.57. The Morgan fingerprint density at radius 2 is 1.87 bits per heavy atom. The molecule has 2 unspecified atom stereocenters. The lowest BCUT2D eigenvalue weighted by molar-refractivity contribution is -0.185. The third-order valence-corrected chi connectivity index (χ3v) is 14.3. The molecule has 1 N–H and O–H groups in total. The van der Waals surface area contributed by atoms with Gasteiger partial charge in [-0.1, -0.05) is 69.4 Å². The van der Waals surface area contributed by atoms with Gasteiger partial charge in [-0.25, -0.2) is 13.2 Å². The SMILES string of the molecule is CC(OC(=O)CCCCC1CCSS1)OC(=O)[C@H](Cc1cccc(S(C)(=O)=O)c1)NC(=O)c1c(Cl)cc2c(c1Cl)CCN(C(=O)c1ccc3ccoc3c1)C2. The molecule has 0 saturated carbocycles. The van der Waals surface area contributed by atoms with Crippen LogP contribution in [-0.4, -0.2) is 73.2 Å². The van der Waals surface area contributed by atoms with Gasteiger partial charge in [0.25, 0.3) is 11.8 Å². The average Bonchev–Trinajstić information content (AvgIpc) is 3.84. The van der Waals surface area contributed by atoms with Gasteiger partial charge in [0.05, 0.1) is 26.8 Å². The van der Waals surface area contributed by atoms with Crippen LogP contribution in [0.25, 0.3) is 11.0 Å². The van der Waals surface area contributed by atoms with Gasteiger partial charge in [-0.15, -0.1) is 0 Å². The Bertz CT molecular complexity index is 2210. The highest BCUT2D eigenvalue weighted by Gasteiger charge is 2.31. The molecule has 0 radical (unpaired) electrons. The maximum absolute atomic E-state index is 13.9. The van der Waals surface area contributed by atoms with Crippen molar-refractivity contribution in [2.45, 2.75) is 80.9 Å². The number of furan rings is 1. The molecule has 2 amide bonds. The largest absolute Gasteiger partial charge is 0.464 e. The molecule has 2 aliphatic rings. The smallest absolute Gasteiger partial charge is 0.332 e. The molecular weight excluding hydrogens is 808 g/mol. The third-order valence-electron chi connectivity index (χ3n) is 9.44. The van der Waals surface area contributed by atoms with Crippen LogP contribution in [0, 0.1) is 0 Å². The highest BCUT2D eigenvalue weighted by Crippen LogP contribution is 2.40. The maximum Gasteiger partial charge on any atom is 0.332 e. The number of amides is 2. The van der Waals surface area contributed by atoms with Crippen molar-refractivity contribution in [3.05, 3.63) is 98.7 Å². The second-order valence-electron chi connectivity index (χ2n) is 13.6. The number of unbranched alkanes of at least 4 members (excludes halogenated alkanes) is 1. The summed E-state index contributed by atoms with van der Waals surface area (Å²) in [5.41, 5.74) is 2.74. The first kappa shape index (κ1) is 41.0. The van der Waals surface area contributed by atoms with Gasteiger partial charge in [0.2, 0.25) is 6.29 Å². The molecule has 1 aromatic heterocycles. The number of benzene rings is 3. The molecule has 6 rings (SSSR count). The number of ether oxygens (including phenoxy) is 2. The van der Waals surface area contributed by atoms with Crippen molar-refractivity contribution in [1.29, 1.82) is 0 Å². The fourth-order valence-electron chi connectivity index (χ4n) is 6.59. The summed E-state index contributed by atoms with van der Waals surface area (Å²) in [6.45, 7) is 1.93. The second-order valence-corrected chi connectivity index (χ2v) is 19.1. The van der Waals surface area contributed by atoms with Gasteiger partial charge >= 0.3 is 11.9 Å². The van der Waals surface area contributed by atoms with E-state index in [1.165, 1.54) is 31.5 Å². The third kappa shape index (κ3) is 10.4. The number of rotatable bonds is 14. The van der Waals surface area contributed by atoms with E-state index in [2.05, 4.69) is 5.32 Å². The van der Waals surface area contributed by atoms with E-state index in [-0.39, 0.29) is 45.8 Å². The van der Waals surface area contributed by atoms with Crippen LogP contribution in [0.5, 0.6) is 0 Å². The predicted molar refractivity (Wildman–Crippen MR) is 214 cm³/mol. The summed E-state index contributed by atoms with van der Waals surface area (Å²) in [6, 6.07) is 13.3. The Kier molecular flexibility index (Phi) is 13.4. The predicted octanol–water partition coefficient (Wildman–Crippen LogP) is 7.83. The van der Waals surface area contributed by atoms with Crippen molar-refractivity contribution in [2.24, 2.45) is 0 Å². The Morgan fingerprint density at radius 1 is 1.05 bits per heavy atom. The molecule has 2 aliphatic heterocycles. The van der Waals surface area contributed by atoms with E-state index < -0.39 is 40.0 Å². The van der Waals surface area contributed by atoms with E-state index in [0.29, 0.717) is 52.5 Å². The summed E-state index contributed by atoms with van der Waals surface area (Å²) < 4.78 is 40.8. The number of fused-ring (bicyclic) bond motifs is 2. The Morgan fingerprint density at radius 3 is 2.64 bits per heavy atom. The quantitative estimate of drug-likeness (QED) is 0.0573. The van der Waals surface area contributed by atoms with Crippen LogP contribution in [0.15, 0.2) is 70.2 Å². The molecular formula is C39H40Cl2N2O9S3. The number of nitrogens with one attached hydrogen (secondary N) is 1. The molecule has 0 aliphatic carbocycles. The van der Waals surface area contributed by atoms with Crippen LogP contribution < -0.4 is 5.32 Å². The highest BCUT2D eigenvalue weighted by atomic mass is 35.5. The average molecular weight is 848 g/mol. The normalized spacial score (nSPS) is 16.7. The molecule has 4 aromatic rings. The zero-order valence-electron chi connectivity index (χ0n) is 30.2. The van der Waals surface area contributed by atoms with Crippen molar-refractivity contribution in [1.82, 2.24) is 10.2 Å². The molecule has 0 bridgehead atoms. The molecule has 3 heterocycles. The van der Waals surface area contributed by atoms with Crippen molar-refractivity contribution < 1.29 is 41.5 Å². The number of carbonyl (C=O) groups is 4. The summed E-state index contributed by atoms with van der Waals surface area (Å²) >= 11 is 13.5. The fraction of sp³-hybridized carbons (Fsp3) is 0.385. The van der Waals surface area contributed by atoms with Crippen LogP contribution in [-0.2, 0) is 48.3 Å². The van der Waals surface area contributed by atoms with E-state index in [9.17, 15) is 27.6 Å². The fourth-order valence-corrected chi connectivity index (χ4v) is 11.1. The summed E-state index contributed by atoms with van der Waals surface area (Å²) in [4.78, 5) is 55.2. The van der Waals surface area contributed by atoms with E-state index in [1.54, 1.807) is 35.4 Å². The number of carbonyl (C=O) groups excluding carboxylic acids is 4. The monoisotopic (exact) mass is 846 g/mol. The van der Waals surface area contributed by atoms with Gasteiger partial charge in [0.15, 0.2) is 9.84 Å². The van der Waals surface area contributed by atoms with Crippen molar-refractivity contribution >= 4 is 89.3 Å². The van der Waals surface area contributed by atoms with Crippen molar-refractivity contribution in [3.8, 4) is 0 Å². The molecule has 0 spiro atoms. The van der Waals surface area contributed by atoms with Gasteiger partial charge in [-0.05, 0) is 78.8 Å². The van der Waals surface area contributed by atoms with E-state index in [1.807, 2.05) is 33.7 Å². The van der Waals surface area contributed by atoms with Gasteiger partial charge in [-0.3, -0.25) is 14.4 Å². The van der Waals surface area contributed by atoms with E-state index in [0.717, 1.165) is 30.2 Å². The Hall–Kier alpha value is -3.69. The van der Waals surface area contributed by atoms with Gasteiger partial charge in [-0.2, -0.15) is 0 Å². The molecule has 3 aromatic carbocycles. The van der Waals surface area contributed by atoms with E-state index in [4.69, 9.17) is 37.1 Å². The summed E-state index contributed by atoms with van der Waals surface area (Å²) in [7, 11) is 0.185. The molecule has 1 fully saturated rings. The molecule has 3 atom stereocenters. The summed E-state index contributed by atoms with van der Waals surface area (Å²) in [6.07, 6.45) is 5.45. The van der Waals surface area contributed by atoms with Gasteiger partial charge < -0.3 is 24.1 Å². The second kappa shape index (κ2) is 18.1. The van der Waals surface area contributed by atoms with Crippen LogP contribution in [0.2, 0.25) is 10.0 Å². The lowest BCUT2D eigenvalue weighted by Crippen LogP contribution is -2.45. The molecule has 55 heavy (non-hydrogen) atoms. The number of hydrogen-bond acceptors (Lipinski definition) is 11. The Balaban J connectivity index is 1.15. The van der Waals surface area contributed by atoms with Crippen LogP contribution >= 0.6 is 44.8 Å². The number of hydrogen-bond donors (Lipinski definition) is 1. The zero-order valence-corrected chi connectivity index (χ0v) is 34.1. The number of nitrogens with zero attached hydrogens (tertiary/aromatic N) is 1. The standard InChI is InChI=1S/C39H40Cl2N2O9S3/c1-23(51-34(44)9-4-3-7-28-14-17-53-54-28)52-39(47)32(19-24-6-5-8-29(18-24)55(2,48)49)42-37(45)35-31(40)20-27-22-43(15-12-30(27)36(35)41)38(46)26-11-10-25-13-16-50-33(25)21-26/h5-6,8,10-11,13,16,18,20-21,23,28,32H,3-4,7,9,12,14-15,17,19,22H2,1-2H3,(H,42,45)/t23?,28?,32-/m0/s1. The van der Waals surface area contributed by atoms with Crippen molar-refractivity contribution in [2.75, 3.05) is 18.6 Å². The molecule has 16 heteroatoms. The maximum atomic E-state index is 13.9. The first-order valence-electron chi connectivity index (χ1n) is 17.8. The molecule has 292 valence electrons. The topological polar surface area (TPSA) is 149 Å². The first-order chi connectivity index (χ1) is 26.3. The summed E-state index contributed by atoms with van der Waals surface area (Å²) in [5, 5.41) is 4.25. The minimum absolute atomic E-state index is 0.00585. The molecule has 11 nitrogen and oxygen atoms in total. The number of sulfone groups is 1. The lowest BCUT2D eigenvalue weighted by atomic mass is 9.95. The highest BCUT2D eigenvalue weighted by molar-refractivity contribution is 8.77. The minimum Gasteiger partial charge on any atom is -0.464 e. The molecule has 1 saturated heterocycles. The van der Waals surface area contributed by atoms with Crippen LogP contribution in [0.1, 0.15) is 76.4 Å². The first-order valence-corrected chi connectivity index (χ1v) is 22.8. The number of halogens is 2. The van der Waals surface area contributed by atoms with Gasteiger partial charge in [0.1, 0.15) is 11.6 Å². The van der Waals surface area contributed by atoms with Crippen LogP contribution in [0.4, 0.5) is 0 Å². The number of esters is 2. The van der Waals surface area contributed by atoms with Crippen LogP contribution in [0.3, 0.4) is 0 Å². The van der Waals surface area contributed by atoms with Crippen molar-refractivity contribution in [3.63, 3.8) is 0 Å². The van der Waals surface area contributed by atoms with E-state index >= 15 is 0 Å². The zero-order chi connectivity index (χ0) is 39.3. The summed E-state index contributed by atoms with van der Waals surface area (Å²) in [5.74, 6) is -1.25.